The summed E-state index contributed by atoms with van der Waals surface area (Å²) in [5.74, 6) is -0.273. The first-order valence-corrected chi connectivity index (χ1v) is 6.73. The second-order valence-electron chi connectivity index (χ2n) is 6.14. The Kier molecular flexibility index (Phi) is 4.28. The van der Waals surface area contributed by atoms with Crippen LogP contribution in [0.25, 0.3) is 0 Å². The number of esters is 1. The van der Waals surface area contributed by atoms with Gasteiger partial charge in [-0.15, -0.1) is 0 Å². The maximum atomic E-state index is 12.2. The van der Waals surface area contributed by atoms with E-state index in [1.165, 1.54) is 0 Å². The molecule has 1 rings (SSSR count). The molecule has 1 aliphatic heterocycles. The highest BCUT2D eigenvalue weighted by atomic mass is 16.7. The molecule has 0 aromatic heterocycles. The summed E-state index contributed by atoms with van der Waals surface area (Å²) < 4.78 is 5.33. The maximum Gasteiger partial charge on any atom is 0.328 e. The van der Waals surface area contributed by atoms with Crippen LogP contribution in [0.4, 0.5) is 0 Å². The molecule has 5 heteroatoms. The first-order chi connectivity index (χ1) is 8.65. The SMILES string of the molecule is CCC1(CC)C(=O)OCC(C)(C)N1OC(C)(C)C#N. The molecule has 0 atom stereocenters. The van der Waals surface area contributed by atoms with E-state index in [0.717, 1.165) is 0 Å². The van der Waals surface area contributed by atoms with Gasteiger partial charge in [0.2, 0.25) is 0 Å². The van der Waals surface area contributed by atoms with Crippen molar-refractivity contribution in [1.29, 1.82) is 5.26 Å². The molecule has 19 heavy (non-hydrogen) atoms. The van der Waals surface area contributed by atoms with Gasteiger partial charge < -0.3 is 4.74 Å². The van der Waals surface area contributed by atoms with Gasteiger partial charge in [-0.05, 0) is 40.5 Å². The standard InChI is InChI=1S/C14H24N2O3/c1-7-14(8-2)11(17)18-10-12(3,4)16(14)19-13(5,6)9-15/h7-8,10H2,1-6H3. The zero-order valence-corrected chi connectivity index (χ0v) is 12.7. The molecule has 0 aromatic carbocycles. The molecule has 0 N–H and O–H groups in total. The van der Waals surface area contributed by atoms with Gasteiger partial charge in [-0.25, -0.2) is 4.79 Å². The van der Waals surface area contributed by atoms with Crippen LogP contribution in [0.5, 0.6) is 0 Å². The third-order valence-electron chi connectivity index (χ3n) is 3.63. The van der Waals surface area contributed by atoms with Crippen LogP contribution in [0.3, 0.4) is 0 Å². The number of carbonyl (C=O) groups excluding carboxylic acids is 1. The van der Waals surface area contributed by atoms with Crippen molar-refractivity contribution < 1.29 is 14.4 Å². The minimum Gasteiger partial charge on any atom is -0.462 e. The summed E-state index contributed by atoms with van der Waals surface area (Å²) >= 11 is 0. The monoisotopic (exact) mass is 268 g/mol. The molecule has 0 amide bonds. The molecule has 0 bridgehead atoms. The number of cyclic esters (lactones) is 1. The molecular formula is C14H24N2O3. The van der Waals surface area contributed by atoms with Gasteiger partial charge in [-0.2, -0.15) is 10.3 Å². The van der Waals surface area contributed by atoms with Gasteiger partial charge in [0.15, 0.2) is 5.60 Å². The van der Waals surface area contributed by atoms with Gasteiger partial charge in [-0.1, -0.05) is 13.8 Å². The Morgan fingerprint density at radius 3 is 2.37 bits per heavy atom. The van der Waals surface area contributed by atoms with Crippen molar-refractivity contribution in [3.05, 3.63) is 0 Å². The molecule has 0 saturated carbocycles. The van der Waals surface area contributed by atoms with Crippen molar-refractivity contribution in [2.75, 3.05) is 6.61 Å². The molecule has 0 spiro atoms. The lowest BCUT2D eigenvalue weighted by molar-refractivity contribution is -0.329. The van der Waals surface area contributed by atoms with Gasteiger partial charge in [0, 0.05) is 0 Å². The Hall–Kier alpha value is -1.12. The van der Waals surface area contributed by atoms with Gasteiger partial charge >= 0.3 is 5.97 Å². The molecule has 1 fully saturated rings. The van der Waals surface area contributed by atoms with Gasteiger partial charge in [0.05, 0.1) is 11.6 Å². The van der Waals surface area contributed by atoms with Crippen molar-refractivity contribution in [1.82, 2.24) is 5.06 Å². The highest BCUT2D eigenvalue weighted by molar-refractivity contribution is 5.81. The largest absolute Gasteiger partial charge is 0.462 e. The minimum absolute atomic E-state index is 0.259. The van der Waals surface area contributed by atoms with Crippen molar-refractivity contribution in [3.8, 4) is 6.07 Å². The molecule has 0 aliphatic carbocycles. The van der Waals surface area contributed by atoms with Crippen molar-refractivity contribution in [2.24, 2.45) is 0 Å². The number of carbonyl (C=O) groups is 1. The maximum absolute atomic E-state index is 12.2. The fourth-order valence-electron chi connectivity index (χ4n) is 2.38. The van der Waals surface area contributed by atoms with Gasteiger partial charge in [-0.3, -0.25) is 4.84 Å². The molecule has 1 heterocycles. The number of nitriles is 1. The van der Waals surface area contributed by atoms with E-state index in [1.807, 2.05) is 27.7 Å². The van der Waals surface area contributed by atoms with Crippen LogP contribution in [0, 0.1) is 11.3 Å². The lowest BCUT2D eigenvalue weighted by Crippen LogP contribution is -2.69. The Labute approximate surface area is 115 Å². The molecule has 0 unspecified atom stereocenters. The Balaban J connectivity index is 3.23. The molecule has 0 aromatic rings. The molecular weight excluding hydrogens is 244 g/mol. The third kappa shape index (κ3) is 2.75. The van der Waals surface area contributed by atoms with E-state index < -0.39 is 16.7 Å². The van der Waals surface area contributed by atoms with Crippen LogP contribution in [-0.2, 0) is 14.4 Å². The minimum atomic E-state index is -0.982. The number of hydrogen-bond acceptors (Lipinski definition) is 5. The summed E-state index contributed by atoms with van der Waals surface area (Å²) in [4.78, 5) is 18.1. The number of nitrogens with zero attached hydrogens (tertiary/aromatic N) is 2. The predicted molar refractivity (Wildman–Crippen MR) is 71.0 cm³/mol. The Morgan fingerprint density at radius 2 is 1.95 bits per heavy atom. The smallest absolute Gasteiger partial charge is 0.328 e. The lowest BCUT2D eigenvalue weighted by Gasteiger charge is -2.52. The third-order valence-corrected chi connectivity index (χ3v) is 3.63. The van der Waals surface area contributed by atoms with Crippen LogP contribution in [0.15, 0.2) is 0 Å². The quantitative estimate of drug-likeness (QED) is 0.733. The molecule has 1 saturated heterocycles. The van der Waals surface area contributed by atoms with Crippen LogP contribution >= 0.6 is 0 Å². The van der Waals surface area contributed by atoms with Crippen molar-refractivity contribution >= 4 is 5.97 Å². The van der Waals surface area contributed by atoms with E-state index in [-0.39, 0.29) is 12.6 Å². The second-order valence-corrected chi connectivity index (χ2v) is 6.14. The molecule has 0 radical (unpaired) electrons. The van der Waals surface area contributed by atoms with Crippen LogP contribution < -0.4 is 0 Å². The Bertz CT molecular complexity index is 392. The van der Waals surface area contributed by atoms with Gasteiger partial charge in [0.25, 0.3) is 0 Å². The summed E-state index contributed by atoms with van der Waals surface area (Å²) in [6, 6.07) is 2.11. The first-order valence-electron chi connectivity index (χ1n) is 6.73. The number of morpholine rings is 1. The Morgan fingerprint density at radius 1 is 1.42 bits per heavy atom. The summed E-state index contributed by atoms with van der Waals surface area (Å²) in [6.45, 7) is 11.4. The van der Waals surface area contributed by atoms with E-state index in [1.54, 1.807) is 18.9 Å². The van der Waals surface area contributed by atoms with E-state index in [2.05, 4.69) is 6.07 Å². The summed E-state index contributed by atoms with van der Waals surface area (Å²) in [6.07, 6.45) is 1.15. The lowest BCUT2D eigenvalue weighted by atomic mass is 9.86. The molecule has 5 nitrogen and oxygen atoms in total. The summed E-state index contributed by atoms with van der Waals surface area (Å²) in [7, 11) is 0. The summed E-state index contributed by atoms with van der Waals surface area (Å²) in [5.41, 5.74) is -2.27. The number of hydroxylamine groups is 2. The van der Waals surface area contributed by atoms with E-state index in [9.17, 15) is 4.79 Å². The van der Waals surface area contributed by atoms with E-state index >= 15 is 0 Å². The van der Waals surface area contributed by atoms with Crippen LogP contribution in [0.2, 0.25) is 0 Å². The fourth-order valence-corrected chi connectivity index (χ4v) is 2.38. The zero-order valence-electron chi connectivity index (χ0n) is 12.7. The van der Waals surface area contributed by atoms with Crippen molar-refractivity contribution in [2.45, 2.75) is 71.1 Å². The average Bonchev–Trinajstić information content (AvgIpc) is 2.36. The molecule has 108 valence electrons. The topological polar surface area (TPSA) is 62.6 Å². The van der Waals surface area contributed by atoms with E-state index in [0.29, 0.717) is 12.8 Å². The number of ether oxygens (including phenoxy) is 1. The van der Waals surface area contributed by atoms with Crippen LogP contribution in [-0.4, -0.2) is 34.3 Å². The van der Waals surface area contributed by atoms with E-state index in [4.69, 9.17) is 14.8 Å². The van der Waals surface area contributed by atoms with Crippen LogP contribution in [0.1, 0.15) is 54.4 Å². The highest BCUT2D eigenvalue weighted by Gasteiger charge is 2.55. The average molecular weight is 268 g/mol. The highest BCUT2D eigenvalue weighted by Crippen LogP contribution is 2.38. The normalized spacial score (nSPS) is 22.7. The molecule has 1 aliphatic rings. The predicted octanol–water partition coefficient (Wildman–Crippen LogP) is 2.42. The first kappa shape index (κ1) is 15.9. The fraction of sp³-hybridized carbons (Fsp3) is 0.857. The van der Waals surface area contributed by atoms with Gasteiger partial charge in [0.1, 0.15) is 12.1 Å². The number of rotatable bonds is 4. The summed E-state index contributed by atoms with van der Waals surface area (Å²) in [5, 5.41) is 10.8. The second kappa shape index (κ2) is 5.10. The number of hydrogen-bond donors (Lipinski definition) is 0. The van der Waals surface area contributed by atoms with Crippen molar-refractivity contribution in [3.63, 3.8) is 0 Å². The zero-order chi connectivity index (χ0) is 14.9.